The average molecular weight is 408 g/mol. The van der Waals surface area contributed by atoms with Gasteiger partial charge in [-0.25, -0.2) is 4.98 Å². The summed E-state index contributed by atoms with van der Waals surface area (Å²) in [5.41, 5.74) is 7.61. The van der Waals surface area contributed by atoms with Gasteiger partial charge in [-0.05, 0) is 42.5 Å². The lowest BCUT2D eigenvalue weighted by molar-refractivity contribution is 0.0943. The number of ether oxygens (including phenoxy) is 1. The molecule has 0 spiro atoms. The number of nitrogens with zero attached hydrogens (tertiary/aromatic N) is 1. The van der Waals surface area contributed by atoms with E-state index in [4.69, 9.17) is 10.5 Å². The Morgan fingerprint density at radius 3 is 2.17 bits per heavy atom. The van der Waals surface area contributed by atoms with E-state index in [1.54, 1.807) is 36.4 Å². The fourth-order valence-electron chi connectivity index (χ4n) is 2.67. The SMILES string of the molecule is CNC(=O)c1[nH]cnc1C(=O)Nc1ccc(NC(=O)c2ccc(OC)c(N)c2)cc1. The Bertz CT molecular complexity index is 1090. The highest BCUT2D eigenvalue weighted by molar-refractivity contribution is 6.10. The minimum absolute atomic E-state index is 0.0242. The Morgan fingerprint density at radius 1 is 0.967 bits per heavy atom. The number of nitrogens with one attached hydrogen (secondary N) is 4. The number of imidazole rings is 1. The van der Waals surface area contributed by atoms with E-state index >= 15 is 0 Å². The van der Waals surface area contributed by atoms with Gasteiger partial charge in [0.05, 0.1) is 19.1 Å². The number of carbonyl (C=O) groups excluding carboxylic acids is 3. The monoisotopic (exact) mass is 408 g/mol. The quantitative estimate of drug-likeness (QED) is 0.393. The van der Waals surface area contributed by atoms with Gasteiger partial charge in [-0.1, -0.05) is 0 Å². The van der Waals surface area contributed by atoms with Gasteiger partial charge in [-0.2, -0.15) is 0 Å². The summed E-state index contributed by atoms with van der Waals surface area (Å²) in [4.78, 5) is 43.0. The van der Waals surface area contributed by atoms with Crippen LogP contribution in [0.5, 0.6) is 5.75 Å². The Hall–Kier alpha value is -4.34. The Balaban J connectivity index is 1.66. The number of hydrogen-bond donors (Lipinski definition) is 5. The van der Waals surface area contributed by atoms with E-state index in [1.807, 2.05) is 0 Å². The van der Waals surface area contributed by atoms with Crippen molar-refractivity contribution in [1.82, 2.24) is 15.3 Å². The van der Waals surface area contributed by atoms with Gasteiger partial charge in [-0.3, -0.25) is 14.4 Å². The third kappa shape index (κ3) is 4.38. The smallest absolute Gasteiger partial charge is 0.276 e. The van der Waals surface area contributed by atoms with Gasteiger partial charge >= 0.3 is 0 Å². The second-order valence-electron chi connectivity index (χ2n) is 6.15. The molecule has 0 aliphatic rings. The first kappa shape index (κ1) is 20.4. The number of amides is 3. The molecule has 0 saturated carbocycles. The molecule has 0 aliphatic carbocycles. The van der Waals surface area contributed by atoms with Gasteiger partial charge in [0.1, 0.15) is 11.4 Å². The summed E-state index contributed by atoms with van der Waals surface area (Å²) in [5, 5.41) is 7.83. The highest BCUT2D eigenvalue weighted by Gasteiger charge is 2.19. The van der Waals surface area contributed by atoms with Crippen LogP contribution in [0.3, 0.4) is 0 Å². The van der Waals surface area contributed by atoms with Crippen LogP contribution in [0.25, 0.3) is 0 Å². The maximum atomic E-state index is 12.4. The Labute approximate surface area is 171 Å². The summed E-state index contributed by atoms with van der Waals surface area (Å²) in [6.07, 6.45) is 1.27. The van der Waals surface area contributed by atoms with Gasteiger partial charge in [0.15, 0.2) is 5.69 Å². The van der Waals surface area contributed by atoms with E-state index < -0.39 is 11.8 Å². The van der Waals surface area contributed by atoms with Crippen LogP contribution in [0.2, 0.25) is 0 Å². The molecule has 0 atom stereocenters. The molecule has 30 heavy (non-hydrogen) atoms. The molecule has 1 heterocycles. The largest absolute Gasteiger partial charge is 0.495 e. The van der Waals surface area contributed by atoms with Gasteiger partial charge in [-0.15, -0.1) is 0 Å². The third-order valence-corrected chi connectivity index (χ3v) is 4.20. The van der Waals surface area contributed by atoms with Gasteiger partial charge in [0.2, 0.25) is 0 Å². The zero-order valence-corrected chi connectivity index (χ0v) is 16.3. The number of carbonyl (C=O) groups is 3. The van der Waals surface area contributed by atoms with E-state index in [-0.39, 0.29) is 17.3 Å². The minimum Gasteiger partial charge on any atom is -0.495 e. The van der Waals surface area contributed by atoms with Crippen molar-refractivity contribution in [3.63, 3.8) is 0 Å². The molecule has 0 fully saturated rings. The Kier molecular flexibility index (Phi) is 5.97. The van der Waals surface area contributed by atoms with Crippen LogP contribution in [0, 0.1) is 0 Å². The van der Waals surface area contributed by atoms with E-state index in [2.05, 4.69) is 25.9 Å². The number of nitrogen functional groups attached to an aromatic ring is 1. The molecule has 154 valence electrons. The van der Waals surface area contributed by atoms with Crippen molar-refractivity contribution in [3.8, 4) is 5.75 Å². The summed E-state index contributed by atoms with van der Waals surface area (Å²) in [7, 11) is 2.95. The molecule has 0 radical (unpaired) electrons. The van der Waals surface area contributed by atoms with Crippen molar-refractivity contribution < 1.29 is 19.1 Å². The highest BCUT2D eigenvalue weighted by atomic mass is 16.5. The summed E-state index contributed by atoms with van der Waals surface area (Å²) in [6, 6.07) is 11.2. The van der Waals surface area contributed by atoms with Crippen LogP contribution >= 0.6 is 0 Å². The zero-order chi connectivity index (χ0) is 21.7. The summed E-state index contributed by atoms with van der Waals surface area (Å²) in [6.45, 7) is 0. The topological polar surface area (TPSA) is 151 Å². The lowest BCUT2D eigenvalue weighted by Crippen LogP contribution is -2.23. The fraction of sp³-hybridized carbons (Fsp3) is 0.100. The first-order valence-corrected chi connectivity index (χ1v) is 8.84. The first-order chi connectivity index (χ1) is 14.4. The minimum atomic E-state index is -0.541. The van der Waals surface area contributed by atoms with Crippen molar-refractivity contribution in [1.29, 1.82) is 0 Å². The number of hydrogen-bond acceptors (Lipinski definition) is 6. The van der Waals surface area contributed by atoms with E-state index in [9.17, 15) is 14.4 Å². The average Bonchev–Trinajstić information content (AvgIpc) is 3.24. The molecule has 0 aliphatic heterocycles. The number of H-pyrrole nitrogens is 1. The number of methoxy groups -OCH3 is 1. The standard InChI is InChI=1S/C20H20N6O4/c1-22-19(28)16-17(24-10-23-16)20(29)26-13-6-4-12(5-7-13)25-18(27)11-3-8-15(30-2)14(21)9-11/h3-10H,21H2,1-2H3,(H,22,28)(H,23,24)(H,25,27)(H,26,29). The van der Waals surface area contributed by atoms with Crippen molar-refractivity contribution >= 4 is 34.8 Å². The molecule has 0 saturated heterocycles. The van der Waals surface area contributed by atoms with Crippen molar-refractivity contribution in [2.24, 2.45) is 0 Å². The molecule has 10 nitrogen and oxygen atoms in total. The van der Waals surface area contributed by atoms with Crippen molar-refractivity contribution in [3.05, 3.63) is 65.7 Å². The van der Waals surface area contributed by atoms with Crippen LogP contribution in [0.15, 0.2) is 48.8 Å². The van der Waals surface area contributed by atoms with Crippen LogP contribution in [0.1, 0.15) is 31.3 Å². The summed E-state index contributed by atoms with van der Waals surface area (Å²) >= 11 is 0. The van der Waals surface area contributed by atoms with Crippen LogP contribution < -0.4 is 26.4 Å². The van der Waals surface area contributed by atoms with Crippen LogP contribution in [-0.4, -0.2) is 41.8 Å². The van der Waals surface area contributed by atoms with Crippen molar-refractivity contribution in [2.75, 3.05) is 30.5 Å². The lowest BCUT2D eigenvalue weighted by Gasteiger charge is -2.09. The van der Waals surface area contributed by atoms with E-state index in [1.165, 1.54) is 26.6 Å². The molecule has 0 bridgehead atoms. The molecule has 10 heteroatoms. The first-order valence-electron chi connectivity index (χ1n) is 8.84. The number of anilines is 3. The lowest BCUT2D eigenvalue weighted by atomic mass is 10.1. The second-order valence-corrected chi connectivity index (χ2v) is 6.15. The molecule has 6 N–H and O–H groups in total. The van der Waals surface area contributed by atoms with E-state index in [0.29, 0.717) is 28.4 Å². The molecular formula is C20H20N6O4. The zero-order valence-electron chi connectivity index (χ0n) is 16.3. The van der Waals surface area contributed by atoms with Crippen LogP contribution in [-0.2, 0) is 0 Å². The van der Waals surface area contributed by atoms with E-state index in [0.717, 1.165) is 0 Å². The molecule has 3 aromatic rings. The van der Waals surface area contributed by atoms with Gasteiger partial charge in [0.25, 0.3) is 17.7 Å². The van der Waals surface area contributed by atoms with Crippen molar-refractivity contribution in [2.45, 2.75) is 0 Å². The van der Waals surface area contributed by atoms with Gasteiger partial charge in [0, 0.05) is 24.0 Å². The third-order valence-electron chi connectivity index (χ3n) is 4.20. The van der Waals surface area contributed by atoms with Gasteiger partial charge < -0.3 is 31.4 Å². The molecule has 1 aromatic heterocycles. The number of aromatic amines is 1. The number of nitrogens with two attached hydrogens (primary N) is 1. The summed E-state index contributed by atoms with van der Waals surface area (Å²) < 4.78 is 5.08. The molecule has 2 aromatic carbocycles. The predicted molar refractivity (Wildman–Crippen MR) is 112 cm³/mol. The maximum absolute atomic E-state index is 12.4. The summed E-state index contributed by atoms with van der Waals surface area (Å²) in [5.74, 6) is -0.841. The second kappa shape index (κ2) is 8.78. The Morgan fingerprint density at radius 2 is 1.60 bits per heavy atom. The number of benzene rings is 2. The van der Waals surface area contributed by atoms with Crippen LogP contribution in [0.4, 0.5) is 17.1 Å². The predicted octanol–water partition coefficient (Wildman–Crippen LogP) is 1.86. The highest BCUT2D eigenvalue weighted by Crippen LogP contribution is 2.23. The number of aromatic nitrogens is 2. The molecule has 0 unspecified atom stereocenters. The normalized spacial score (nSPS) is 10.2. The molecular weight excluding hydrogens is 388 g/mol. The maximum Gasteiger partial charge on any atom is 0.276 e. The number of rotatable bonds is 6. The molecule has 3 rings (SSSR count). The molecule has 3 amide bonds. The fourth-order valence-corrected chi connectivity index (χ4v) is 2.67.